The smallest absolute Gasteiger partial charge is 0.251 e. The third-order valence-corrected chi connectivity index (χ3v) is 5.01. The van der Waals surface area contributed by atoms with Crippen LogP contribution in [0.2, 0.25) is 5.02 Å². The molecule has 0 saturated carbocycles. The van der Waals surface area contributed by atoms with Crippen LogP contribution in [0.5, 0.6) is 0 Å². The highest BCUT2D eigenvalue weighted by Gasteiger charge is 2.14. The van der Waals surface area contributed by atoms with Gasteiger partial charge in [0, 0.05) is 17.1 Å². The Kier molecular flexibility index (Phi) is 6.87. The van der Waals surface area contributed by atoms with Crippen LogP contribution in [0.25, 0.3) is 11.6 Å². The van der Waals surface area contributed by atoms with Gasteiger partial charge in [-0.2, -0.15) is 0 Å². The fourth-order valence-corrected chi connectivity index (χ4v) is 3.44. The van der Waals surface area contributed by atoms with E-state index in [1.165, 1.54) is 25.9 Å². The lowest BCUT2D eigenvalue weighted by molar-refractivity contribution is -0.115. The van der Waals surface area contributed by atoms with E-state index in [1.807, 2.05) is 60.7 Å². The zero-order valence-electron chi connectivity index (χ0n) is 15.0. The summed E-state index contributed by atoms with van der Waals surface area (Å²) < 4.78 is 0. The number of amides is 1. The van der Waals surface area contributed by atoms with E-state index in [4.69, 9.17) is 11.6 Å². The fourth-order valence-electron chi connectivity index (χ4n) is 3.25. The van der Waals surface area contributed by atoms with Crippen LogP contribution < -0.4 is 5.32 Å². The third kappa shape index (κ3) is 5.20. The first-order chi connectivity index (χ1) is 12.7. The van der Waals surface area contributed by atoms with E-state index in [1.54, 1.807) is 0 Å². The molecule has 2 aromatic carbocycles. The highest BCUT2D eigenvalue weighted by molar-refractivity contribution is 6.33. The summed E-state index contributed by atoms with van der Waals surface area (Å²) in [7, 11) is 0. The molecule has 0 aliphatic carbocycles. The molecule has 4 heteroatoms. The number of hydrogen-bond donors (Lipinski definition) is 1. The van der Waals surface area contributed by atoms with Crippen LogP contribution in [0, 0.1) is 0 Å². The van der Waals surface area contributed by atoms with Crippen molar-refractivity contribution in [1.82, 2.24) is 10.2 Å². The second-order valence-electron chi connectivity index (χ2n) is 6.60. The average Bonchev–Trinajstić information content (AvgIpc) is 3.18. The molecule has 1 amide bonds. The van der Waals surface area contributed by atoms with Gasteiger partial charge in [-0.25, -0.2) is 0 Å². The Balaban J connectivity index is 1.69. The summed E-state index contributed by atoms with van der Waals surface area (Å²) in [5.74, 6) is -0.0578. The standard InChI is InChI=1S/C22H25ClN2O/c23-21-12-5-4-11-19(21)17-20(18-9-2-1-3-10-18)22(26)24-13-8-16-25-14-6-7-15-25/h1-5,9-12,17H,6-8,13-16H2,(H,24,26)/b20-17+. The number of nitrogens with one attached hydrogen (secondary N) is 1. The van der Waals surface area contributed by atoms with Crippen LogP contribution in [0.3, 0.4) is 0 Å². The second-order valence-corrected chi connectivity index (χ2v) is 7.01. The van der Waals surface area contributed by atoms with Gasteiger partial charge in [0.1, 0.15) is 0 Å². The summed E-state index contributed by atoms with van der Waals surface area (Å²) in [5.41, 5.74) is 2.38. The molecule has 1 heterocycles. The minimum atomic E-state index is -0.0578. The quantitative estimate of drug-likeness (QED) is 0.444. The zero-order valence-corrected chi connectivity index (χ0v) is 15.7. The van der Waals surface area contributed by atoms with Gasteiger partial charge in [0.2, 0.25) is 0 Å². The first-order valence-electron chi connectivity index (χ1n) is 9.26. The van der Waals surface area contributed by atoms with Gasteiger partial charge in [-0.15, -0.1) is 0 Å². The lowest BCUT2D eigenvalue weighted by atomic mass is 10.0. The molecule has 26 heavy (non-hydrogen) atoms. The molecular formula is C22H25ClN2O. The largest absolute Gasteiger partial charge is 0.352 e. The molecule has 1 fully saturated rings. The van der Waals surface area contributed by atoms with Crippen molar-refractivity contribution in [3.8, 4) is 0 Å². The number of halogens is 1. The Morgan fingerprint density at radius 3 is 2.46 bits per heavy atom. The molecule has 0 atom stereocenters. The van der Waals surface area contributed by atoms with Crippen molar-refractivity contribution in [1.29, 1.82) is 0 Å². The van der Waals surface area contributed by atoms with Crippen molar-refractivity contribution in [2.75, 3.05) is 26.2 Å². The van der Waals surface area contributed by atoms with E-state index in [0.717, 1.165) is 24.1 Å². The van der Waals surface area contributed by atoms with Crippen molar-refractivity contribution in [2.24, 2.45) is 0 Å². The van der Waals surface area contributed by atoms with Gasteiger partial charge >= 0.3 is 0 Å². The van der Waals surface area contributed by atoms with Gasteiger partial charge in [-0.3, -0.25) is 4.79 Å². The lowest BCUT2D eigenvalue weighted by Crippen LogP contribution is -2.29. The molecular weight excluding hydrogens is 344 g/mol. The van der Waals surface area contributed by atoms with Gasteiger partial charge in [0.05, 0.1) is 0 Å². The molecule has 3 rings (SSSR count). The normalized spacial score (nSPS) is 15.2. The Labute approximate surface area is 160 Å². The summed E-state index contributed by atoms with van der Waals surface area (Å²) in [6.45, 7) is 4.11. The fraction of sp³-hybridized carbons (Fsp3) is 0.318. The molecule has 1 aliphatic heterocycles. The molecule has 3 nitrogen and oxygen atoms in total. The maximum absolute atomic E-state index is 12.8. The van der Waals surface area contributed by atoms with Crippen LogP contribution in [-0.2, 0) is 4.79 Å². The molecule has 1 saturated heterocycles. The molecule has 2 aromatic rings. The maximum atomic E-state index is 12.8. The minimum Gasteiger partial charge on any atom is -0.352 e. The van der Waals surface area contributed by atoms with Crippen LogP contribution >= 0.6 is 11.6 Å². The summed E-state index contributed by atoms with van der Waals surface area (Å²) in [6.07, 6.45) is 5.43. The second kappa shape index (κ2) is 9.56. The van der Waals surface area contributed by atoms with Crippen molar-refractivity contribution in [3.63, 3.8) is 0 Å². The molecule has 0 aromatic heterocycles. The summed E-state index contributed by atoms with van der Waals surface area (Å²) >= 11 is 6.28. The minimum absolute atomic E-state index is 0.0578. The molecule has 0 bridgehead atoms. The van der Waals surface area contributed by atoms with E-state index >= 15 is 0 Å². The number of carbonyl (C=O) groups excluding carboxylic acids is 1. The van der Waals surface area contributed by atoms with E-state index in [9.17, 15) is 4.79 Å². The molecule has 1 aliphatic rings. The zero-order chi connectivity index (χ0) is 18.2. The Hall–Kier alpha value is -2.10. The van der Waals surface area contributed by atoms with Gasteiger partial charge in [-0.05, 0) is 62.2 Å². The summed E-state index contributed by atoms with van der Waals surface area (Å²) in [4.78, 5) is 15.3. The van der Waals surface area contributed by atoms with Crippen LogP contribution in [-0.4, -0.2) is 37.0 Å². The monoisotopic (exact) mass is 368 g/mol. The Morgan fingerprint density at radius 2 is 1.73 bits per heavy atom. The SMILES string of the molecule is O=C(NCCCN1CCCC1)/C(=C/c1ccccc1Cl)c1ccccc1. The Morgan fingerprint density at radius 1 is 1.04 bits per heavy atom. The van der Waals surface area contributed by atoms with Crippen molar-refractivity contribution >= 4 is 29.2 Å². The topological polar surface area (TPSA) is 32.3 Å². The highest BCUT2D eigenvalue weighted by Crippen LogP contribution is 2.23. The number of likely N-dealkylation sites (tertiary alicyclic amines) is 1. The van der Waals surface area contributed by atoms with E-state index in [-0.39, 0.29) is 5.91 Å². The average molecular weight is 369 g/mol. The first kappa shape index (κ1) is 18.7. The number of hydrogen-bond acceptors (Lipinski definition) is 2. The molecule has 0 spiro atoms. The van der Waals surface area contributed by atoms with E-state index in [2.05, 4.69) is 10.2 Å². The maximum Gasteiger partial charge on any atom is 0.251 e. The van der Waals surface area contributed by atoms with Crippen molar-refractivity contribution in [2.45, 2.75) is 19.3 Å². The molecule has 0 radical (unpaired) electrons. The van der Waals surface area contributed by atoms with Gasteiger partial charge in [0.15, 0.2) is 0 Å². The number of carbonyl (C=O) groups is 1. The molecule has 0 unspecified atom stereocenters. The highest BCUT2D eigenvalue weighted by atomic mass is 35.5. The number of benzene rings is 2. The first-order valence-corrected chi connectivity index (χ1v) is 9.64. The van der Waals surface area contributed by atoms with Crippen LogP contribution in [0.1, 0.15) is 30.4 Å². The van der Waals surface area contributed by atoms with Gasteiger partial charge < -0.3 is 10.2 Å². The van der Waals surface area contributed by atoms with Gasteiger partial charge in [0.25, 0.3) is 5.91 Å². The Bertz CT molecular complexity index is 752. The number of rotatable bonds is 7. The summed E-state index contributed by atoms with van der Waals surface area (Å²) in [6, 6.07) is 17.3. The number of nitrogens with zero attached hydrogens (tertiary/aromatic N) is 1. The third-order valence-electron chi connectivity index (χ3n) is 4.67. The molecule has 136 valence electrons. The molecule has 1 N–H and O–H groups in total. The summed E-state index contributed by atoms with van der Waals surface area (Å²) in [5, 5.41) is 3.71. The lowest BCUT2D eigenvalue weighted by Gasteiger charge is -2.15. The van der Waals surface area contributed by atoms with E-state index in [0.29, 0.717) is 17.1 Å². The van der Waals surface area contributed by atoms with Crippen molar-refractivity contribution < 1.29 is 4.79 Å². The van der Waals surface area contributed by atoms with Gasteiger partial charge in [-0.1, -0.05) is 60.1 Å². The van der Waals surface area contributed by atoms with Crippen LogP contribution in [0.4, 0.5) is 0 Å². The van der Waals surface area contributed by atoms with E-state index < -0.39 is 0 Å². The predicted octanol–water partition coefficient (Wildman–Crippen LogP) is 4.48. The van der Waals surface area contributed by atoms with Crippen LogP contribution in [0.15, 0.2) is 54.6 Å². The van der Waals surface area contributed by atoms with Crippen molar-refractivity contribution in [3.05, 3.63) is 70.7 Å². The predicted molar refractivity (Wildman–Crippen MR) is 109 cm³/mol.